The Kier molecular flexibility index (Phi) is 5.78. The van der Waals surface area contributed by atoms with Crippen LogP contribution in [0.4, 0.5) is 17.2 Å². The van der Waals surface area contributed by atoms with Crippen molar-refractivity contribution in [1.29, 1.82) is 0 Å². The van der Waals surface area contributed by atoms with E-state index in [1.54, 1.807) is 36.4 Å². The van der Waals surface area contributed by atoms with Crippen molar-refractivity contribution < 1.29 is 9.59 Å². The number of nitrogens with zero attached hydrogens (tertiary/aromatic N) is 2. The molecule has 3 rings (SSSR count). The van der Waals surface area contributed by atoms with Crippen molar-refractivity contribution >= 4 is 29.0 Å². The molecule has 2 aromatic rings. The third kappa shape index (κ3) is 5.02. The predicted octanol–water partition coefficient (Wildman–Crippen LogP) is 3.43. The van der Waals surface area contributed by atoms with E-state index in [0.717, 1.165) is 12.8 Å². The van der Waals surface area contributed by atoms with Gasteiger partial charge in [-0.25, -0.2) is 0 Å². The first-order chi connectivity index (χ1) is 12.6. The van der Waals surface area contributed by atoms with Crippen LogP contribution in [0.1, 0.15) is 49.5 Å². The summed E-state index contributed by atoms with van der Waals surface area (Å²) in [4.78, 5) is 23.3. The molecule has 3 N–H and O–H groups in total. The van der Waals surface area contributed by atoms with Gasteiger partial charge in [0.05, 0.1) is 0 Å². The van der Waals surface area contributed by atoms with Gasteiger partial charge in [0, 0.05) is 24.3 Å². The molecule has 1 saturated carbocycles. The van der Waals surface area contributed by atoms with Gasteiger partial charge < -0.3 is 16.0 Å². The maximum Gasteiger partial charge on any atom is 0.276 e. The summed E-state index contributed by atoms with van der Waals surface area (Å²) < 4.78 is 0. The Morgan fingerprint density at radius 3 is 2.12 bits per heavy atom. The molecule has 1 aromatic heterocycles. The summed E-state index contributed by atoms with van der Waals surface area (Å²) in [6, 6.07) is 10.8. The predicted molar refractivity (Wildman–Crippen MR) is 101 cm³/mol. The van der Waals surface area contributed by atoms with E-state index in [2.05, 4.69) is 26.1 Å². The number of carbonyl (C=O) groups excluding carboxylic acids is 2. The Hall–Kier alpha value is -2.96. The van der Waals surface area contributed by atoms with E-state index >= 15 is 0 Å². The monoisotopic (exact) mass is 353 g/mol. The first-order valence-electron chi connectivity index (χ1n) is 8.89. The van der Waals surface area contributed by atoms with E-state index < -0.39 is 0 Å². The third-order valence-corrected chi connectivity index (χ3v) is 4.32. The number of carbonyl (C=O) groups is 2. The summed E-state index contributed by atoms with van der Waals surface area (Å²) in [5, 5.41) is 16.9. The van der Waals surface area contributed by atoms with Crippen LogP contribution in [0.5, 0.6) is 0 Å². The summed E-state index contributed by atoms with van der Waals surface area (Å²) in [5.41, 5.74) is 1.55. The van der Waals surface area contributed by atoms with Crippen molar-refractivity contribution in [1.82, 2.24) is 10.2 Å². The third-order valence-electron chi connectivity index (χ3n) is 4.32. The molecule has 2 amide bonds. The summed E-state index contributed by atoms with van der Waals surface area (Å²) in [5.74, 6) is 0.237. The van der Waals surface area contributed by atoms with Crippen LogP contribution >= 0.6 is 0 Å². The lowest BCUT2D eigenvalue weighted by Crippen LogP contribution is -2.23. The van der Waals surface area contributed by atoms with Crippen molar-refractivity contribution in [2.75, 3.05) is 16.0 Å². The van der Waals surface area contributed by atoms with E-state index in [4.69, 9.17) is 0 Å². The number of hydrogen-bond acceptors (Lipinski definition) is 5. The van der Waals surface area contributed by atoms with Crippen LogP contribution in [0.25, 0.3) is 0 Å². The average Bonchev–Trinajstić information content (AvgIpc) is 2.64. The van der Waals surface area contributed by atoms with Crippen LogP contribution in [0.2, 0.25) is 0 Å². The summed E-state index contributed by atoms with van der Waals surface area (Å²) in [6.45, 7) is 1.45. The number of anilines is 3. The van der Waals surface area contributed by atoms with Crippen molar-refractivity contribution in [3.05, 3.63) is 42.1 Å². The van der Waals surface area contributed by atoms with Crippen LogP contribution in [0, 0.1) is 0 Å². The normalized spacial score (nSPS) is 14.5. The number of hydrogen-bond donors (Lipinski definition) is 3. The molecule has 0 unspecified atom stereocenters. The smallest absolute Gasteiger partial charge is 0.276 e. The van der Waals surface area contributed by atoms with Gasteiger partial charge >= 0.3 is 0 Å². The maximum atomic E-state index is 12.3. The zero-order valence-corrected chi connectivity index (χ0v) is 14.8. The van der Waals surface area contributed by atoms with Crippen molar-refractivity contribution in [2.24, 2.45) is 0 Å². The van der Waals surface area contributed by atoms with Crippen molar-refractivity contribution in [3.8, 4) is 0 Å². The Morgan fingerprint density at radius 1 is 0.885 bits per heavy atom. The first kappa shape index (κ1) is 17.8. The molecule has 0 spiro atoms. The second-order valence-corrected chi connectivity index (χ2v) is 6.50. The van der Waals surface area contributed by atoms with Crippen LogP contribution < -0.4 is 16.0 Å². The van der Waals surface area contributed by atoms with Crippen LogP contribution in [0.15, 0.2) is 36.4 Å². The molecule has 136 valence electrons. The van der Waals surface area contributed by atoms with Gasteiger partial charge in [0.2, 0.25) is 5.91 Å². The Bertz CT molecular complexity index is 753. The number of nitrogens with one attached hydrogen (secondary N) is 3. The molecular formula is C19H23N5O2. The summed E-state index contributed by atoms with van der Waals surface area (Å²) in [6.07, 6.45) is 6.09. The molecule has 1 fully saturated rings. The molecule has 0 aliphatic heterocycles. The molecule has 1 aliphatic rings. The molecule has 0 saturated heterocycles. The van der Waals surface area contributed by atoms with Crippen molar-refractivity contribution in [2.45, 2.75) is 45.1 Å². The van der Waals surface area contributed by atoms with Crippen LogP contribution in [0.3, 0.4) is 0 Å². The van der Waals surface area contributed by atoms with Gasteiger partial charge in [-0.1, -0.05) is 19.3 Å². The highest BCUT2D eigenvalue weighted by molar-refractivity contribution is 6.03. The Labute approximate surface area is 152 Å². The molecule has 7 nitrogen and oxygen atoms in total. The number of amides is 2. The van der Waals surface area contributed by atoms with E-state index in [1.165, 1.54) is 26.2 Å². The topological polar surface area (TPSA) is 96.0 Å². The molecule has 0 atom stereocenters. The van der Waals surface area contributed by atoms with E-state index in [0.29, 0.717) is 23.2 Å². The van der Waals surface area contributed by atoms with E-state index in [1.807, 2.05) is 0 Å². The lowest BCUT2D eigenvalue weighted by Gasteiger charge is -2.22. The second kappa shape index (κ2) is 8.42. The minimum atomic E-state index is -0.325. The average molecular weight is 353 g/mol. The molecule has 1 aromatic carbocycles. The standard InChI is InChI=1S/C19H23N5O2/c1-13(25)20-15-7-9-16(10-8-15)22-19(26)17-11-12-18(24-23-17)21-14-5-3-2-4-6-14/h7-12,14H,2-6H2,1H3,(H,20,25)(H,21,24)(H,22,26). The molecular weight excluding hydrogens is 330 g/mol. The zero-order chi connectivity index (χ0) is 18.4. The molecule has 1 heterocycles. The minimum Gasteiger partial charge on any atom is -0.366 e. The van der Waals surface area contributed by atoms with Crippen LogP contribution in [-0.2, 0) is 4.79 Å². The van der Waals surface area contributed by atoms with Gasteiger partial charge in [0.1, 0.15) is 5.82 Å². The maximum absolute atomic E-state index is 12.3. The molecule has 26 heavy (non-hydrogen) atoms. The summed E-state index contributed by atoms with van der Waals surface area (Å²) in [7, 11) is 0. The molecule has 0 radical (unpaired) electrons. The lowest BCUT2D eigenvalue weighted by atomic mass is 9.95. The zero-order valence-electron chi connectivity index (χ0n) is 14.8. The van der Waals surface area contributed by atoms with Crippen LogP contribution in [-0.4, -0.2) is 28.1 Å². The second-order valence-electron chi connectivity index (χ2n) is 6.50. The van der Waals surface area contributed by atoms with Crippen molar-refractivity contribution in [3.63, 3.8) is 0 Å². The molecule has 7 heteroatoms. The highest BCUT2D eigenvalue weighted by Crippen LogP contribution is 2.20. The fraction of sp³-hybridized carbons (Fsp3) is 0.368. The van der Waals surface area contributed by atoms with Gasteiger partial charge in [-0.3, -0.25) is 9.59 Å². The van der Waals surface area contributed by atoms with E-state index in [9.17, 15) is 9.59 Å². The fourth-order valence-corrected chi connectivity index (χ4v) is 3.02. The highest BCUT2D eigenvalue weighted by Gasteiger charge is 2.14. The Morgan fingerprint density at radius 2 is 1.54 bits per heavy atom. The molecule has 1 aliphatic carbocycles. The molecule has 0 bridgehead atoms. The van der Waals surface area contributed by atoms with Gasteiger partial charge in [0.25, 0.3) is 5.91 Å². The Balaban J connectivity index is 1.56. The first-order valence-corrected chi connectivity index (χ1v) is 8.89. The van der Waals surface area contributed by atoms with Gasteiger partial charge in [-0.05, 0) is 49.2 Å². The van der Waals surface area contributed by atoms with Gasteiger partial charge in [-0.15, -0.1) is 10.2 Å². The lowest BCUT2D eigenvalue weighted by molar-refractivity contribution is -0.114. The van der Waals surface area contributed by atoms with E-state index in [-0.39, 0.29) is 17.5 Å². The highest BCUT2D eigenvalue weighted by atomic mass is 16.2. The largest absolute Gasteiger partial charge is 0.366 e. The summed E-state index contributed by atoms with van der Waals surface area (Å²) >= 11 is 0. The quantitative estimate of drug-likeness (QED) is 0.765. The fourth-order valence-electron chi connectivity index (χ4n) is 3.02. The van der Waals surface area contributed by atoms with Gasteiger partial charge in [0.15, 0.2) is 5.69 Å². The number of benzene rings is 1. The number of rotatable bonds is 5. The SMILES string of the molecule is CC(=O)Nc1ccc(NC(=O)c2ccc(NC3CCCCC3)nn2)cc1. The minimum absolute atomic E-state index is 0.140. The number of aromatic nitrogens is 2. The van der Waals surface area contributed by atoms with Gasteiger partial charge in [-0.2, -0.15) is 0 Å².